The molecular weight excluding hydrogens is 290 g/mol. The fourth-order valence-electron chi connectivity index (χ4n) is 3.02. The number of carboxylic acids is 1. The average molecular weight is 305 g/mol. The molecule has 1 fully saturated rings. The summed E-state index contributed by atoms with van der Waals surface area (Å²) >= 11 is 1.20. The summed E-state index contributed by atoms with van der Waals surface area (Å²) in [5.74, 6) is -2.31. The zero-order valence-electron chi connectivity index (χ0n) is 11.8. The van der Waals surface area contributed by atoms with E-state index in [1.807, 2.05) is 12.2 Å². The summed E-state index contributed by atoms with van der Waals surface area (Å²) in [5.41, 5.74) is 0.696. The van der Waals surface area contributed by atoms with Gasteiger partial charge in [0.15, 0.2) is 0 Å². The molecule has 2 unspecified atom stereocenters. The third-order valence-electron chi connectivity index (χ3n) is 4.29. The first-order chi connectivity index (χ1) is 9.93. The van der Waals surface area contributed by atoms with Gasteiger partial charge < -0.3 is 5.11 Å². The lowest BCUT2D eigenvalue weighted by molar-refractivity contribution is -0.122. The summed E-state index contributed by atoms with van der Waals surface area (Å²) in [6.07, 6.45) is 4.94. The fraction of sp³-hybridized carbons (Fsp3) is 0.400. The second kappa shape index (κ2) is 4.80. The first kappa shape index (κ1) is 14.0. The molecule has 6 heteroatoms. The van der Waals surface area contributed by atoms with Crippen LogP contribution in [0.2, 0.25) is 0 Å². The molecule has 1 aliphatic heterocycles. The van der Waals surface area contributed by atoms with Crippen LogP contribution < -0.4 is 4.90 Å². The number of allylic oxidation sites excluding steroid dienone is 2. The predicted octanol–water partition coefficient (Wildman–Crippen LogP) is 2.52. The van der Waals surface area contributed by atoms with Gasteiger partial charge in [0.1, 0.15) is 5.00 Å². The van der Waals surface area contributed by atoms with Crippen LogP contribution in [0.5, 0.6) is 0 Å². The highest BCUT2D eigenvalue weighted by Gasteiger charge is 2.49. The van der Waals surface area contributed by atoms with E-state index in [0.29, 0.717) is 18.4 Å². The van der Waals surface area contributed by atoms with Gasteiger partial charge in [-0.1, -0.05) is 12.2 Å². The van der Waals surface area contributed by atoms with Crippen molar-refractivity contribution < 1.29 is 19.5 Å². The monoisotopic (exact) mass is 305 g/mol. The number of nitrogens with zero attached hydrogens (tertiary/aromatic N) is 1. The van der Waals surface area contributed by atoms with Crippen LogP contribution in [0.3, 0.4) is 0 Å². The van der Waals surface area contributed by atoms with E-state index in [1.54, 1.807) is 13.8 Å². The van der Waals surface area contributed by atoms with Crippen molar-refractivity contribution in [2.75, 3.05) is 4.90 Å². The molecule has 0 aromatic carbocycles. The maximum absolute atomic E-state index is 12.5. The number of thiophene rings is 1. The Morgan fingerprint density at radius 2 is 1.71 bits per heavy atom. The molecule has 1 aliphatic carbocycles. The Bertz CT molecular complexity index is 662. The van der Waals surface area contributed by atoms with Crippen LogP contribution in [0, 0.1) is 25.7 Å². The smallest absolute Gasteiger partial charge is 0.339 e. The molecule has 0 radical (unpaired) electrons. The minimum Gasteiger partial charge on any atom is -0.478 e. The van der Waals surface area contributed by atoms with Crippen LogP contribution in [0.15, 0.2) is 12.2 Å². The van der Waals surface area contributed by atoms with Gasteiger partial charge in [-0.05, 0) is 32.3 Å². The minimum atomic E-state index is -1.10. The highest BCUT2D eigenvalue weighted by atomic mass is 32.1. The minimum absolute atomic E-state index is 0.0748. The number of rotatable bonds is 2. The molecular formula is C15H15NO4S. The fourth-order valence-corrected chi connectivity index (χ4v) is 4.18. The molecule has 0 spiro atoms. The van der Waals surface area contributed by atoms with Crippen molar-refractivity contribution in [3.8, 4) is 0 Å². The van der Waals surface area contributed by atoms with E-state index in [0.717, 1.165) is 9.78 Å². The summed E-state index contributed by atoms with van der Waals surface area (Å²) in [6, 6.07) is 0. The third-order valence-corrected chi connectivity index (χ3v) is 5.48. The Morgan fingerprint density at radius 3 is 2.19 bits per heavy atom. The molecule has 21 heavy (non-hydrogen) atoms. The van der Waals surface area contributed by atoms with E-state index >= 15 is 0 Å². The van der Waals surface area contributed by atoms with Crippen LogP contribution in [0.1, 0.15) is 33.6 Å². The SMILES string of the molecule is Cc1sc(N2C(=O)C3CC=CCC3C2=O)c(C(=O)O)c1C. The van der Waals surface area contributed by atoms with Gasteiger partial charge in [0, 0.05) is 4.88 Å². The number of hydrogen-bond acceptors (Lipinski definition) is 4. The average Bonchev–Trinajstić information content (AvgIpc) is 2.87. The Kier molecular flexibility index (Phi) is 3.20. The lowest BCUT2D eigenvalue weighted by atomic mass is 9.85. The molecule has 1 N–H and O–H groups in total. The molecule has 1 saturated heterocycles. The van der Waals surface area contributed by atoms with Crippen LogP contribution in [0.25, 0.3) is 0 Å². The number of imide groups is 1. The standard InChI is InChI=1S/C15H15NO4S/c1-7-8(2)21-14(11(7)15(19)20)16-12(17)9-5-3-4-6-10(9)13(16)18/h3-4,9-10H,5-6H2,1-2H3,(H,19,20). The number of fused-ring (bicyclic) bond motifs is 1. The first-order valence-corrected chi connectivity index (χ1v) is 7.61. The summed E-state index contributed by atoms with van der Waals surface area (Å²) < 4.78 is 0. The molecule has 110 valence electrons. The second-order valence-electron chi connectivity index (χ2n) is 5.44. The first-order valence-electron chi connectivity index (χ1n) is 6.79. The van der Waals surface area contributed by atoms with Crippen molar-refractivity contribution in [3.63, 3.8) is 0 Å². The number of hydrogen-bond donors (Lipinski definition) is 1. The zero-order valence-corrected chi connectivity index (χ0v) is 12.6. The molecule has 2 atom stereocenters. The van der Waals surface area contributed by atoms with Gasteiger partial charge in [-0.15, -0.1) is 11.3 Å². The zero-order chi connectivity index (χ0) is 15.3. The Hall–Kier alpha value is -1.95. The van der Waals surface area contributed by atoms with Gasteiger partial charge in [0.2, 0.25) is 11.8 Å². The number of carbonyl (C=O) groups excluding carboxylic acids is 2. The molecule has 1 aromatic rings. The maximum atomic E-state index is 12.5. The van der Waals surface area contributed by atoms with Gasteiger partial charge in [-0.2, -0.15) is 0 Å². The van der Waals surface area contributed by atoms with Crippen molar-refractivity contribution >= 4 is 34.1 Å². The van der Waals surface area contributed by atoms with E-state index < -0.39 is 5.97 Å². The van der Waals surface area contributed by atoms with E-state index in [1.165, 1.54) is 11.3 Å². The highest BCUT2D eigenvalue weighted by molar-refractivity contribution is 7.17. The number of carboxylic acid groups (broad SMARTS) is 1. The van der Waals surface area contributed by atoms with Crippen molar-refractivity contribution in [2.24, 2.45) is 11.8 Å². The summed E-state index contributed by atoms with van der Waals surface area (Å²) in [6.45, 7) is 3.51. The number of aromatic carboxylic acids is 1. The Balaban J connectivity index is 2.10. The normalized spacial score (nSPS) is 24.6. The van der Waals surface area contributed by atoms with Crippen molar-refractivity contribution in [3.05, 3.63) is 28.2 Å². The maximum Gasteiger partial charge on any atom is 0.339 e. The second-order valence-corrected chi connectivity index (χ2v) is 6.64. The highest BCUT2D eigenvalue weighted by Crippen LogP contribution is 2.43. The van der Waals surface area contributed by atoms with Gasteiger partial charge in [-0.3, -0.25) is 9.59 Å². The molecule has 0 bridgehead atoms. The van der Waals surface area contributed by atoms with Crippen molar-refractivity contribution in [1.82, 2.24) is 0 Å². The topological polar surface area (TPSA) is 74.7 Å². The van der Waals surface area contributed by atoms with Gasteiger partial charge in [-0.25, -0.2) is 9.69 Å². The molecule has 2 amide bonds. The molecule has 1 aromatic heterocycles. The summed E-state index contributed by atoms with van der Waals surface area (Å²) in [7, 11) is 0. The summed E-state index contributed by atoms with van der Waals surface area (Å²) in [5, 5.41) is 9.66. The van der Waals surface area contributed by atoms with E-state index in [-0.39, 0.29) is 34.2 Å². The quantitative estimate of drug-likeness (QED) is 0.673. The van der Waals surface area contributed by atoms with Crippen molar-refractivity contribution in [2.45, 2.75) is 26.7 Å². The molecule has 0 saturated carbocycles. The lowest BCUT2D eigenvalue weighted by Gasteiger charge is -2.14. The third kappa shape index (κ3) is 1.93. The molecule has 2 aliphatic rings. The van der Waals surface area contributed by atoms with Crippen molar-refractivity contribution in [1.29, 1.82) is 0 Å². The number of carbonyl (C=O) groups is 3. The molecule has 2 heterocycles. The van der Waals surface area contributed by atoms with Crippen LogP contribution in [0.4, 0.5) is 5.00 Å². The van der Waals surface area contributed by atoms with Crippen LogP contribution in [-0.4, -0.2) is 22.9 Å². The van der Waals surface area contributed by atoms with E-state index in [2.05, 4.69) is 0 Å². The Morgan fingerprint density at radius 1 is 1.19 bits per heavy atom. The molecule has 5 nitrogen and oxygen atoms in total. The summed E-state index contributed by atoms with van der Waals surface area (Å²) in [4.78, 5) is 38.5. The lowest BCUT2D eigenvalue weighted by Crippen LogP contribution is -2.31. The van der Waals surface area contributed by atoms with Gasteiger partial charge >= 0.3 is 5.97 Å². The van der Waals surface area contributed by atoms with Gasteiger partial charge in [0.25, 0.3) is 0 Å². The van der Waals surface area contributed by atoms with Crippen LogP contribution in [-0.2, 0) is 9.59 Å². The van der Waals surface area contributed by atoms with E-state index in [4.69, 9.17) is 0 Å². The number of anilines is 1. The van der Waals surface area contributed by atoms with Gasteiger partial charge in [0.05, 0.1) is 17.4 Å². The van der Waals surface area contributed by atoms with Crippen LogP contribution >= 0.6 is 11.3 Å². The largest absolute Gasteiger partial charge is 0.478 e. The Labute approximate surface area is 125 Å². The predicted molar refractivity (Wildman–Crippen MR) is 78.6 cm³/mol. The number of amides is 2. The molecule has 3 rings (SSSR count). The van der Waals surface area contributed by atoms with E-state index in [9.17, 15) is 19.5 Å². The number of aryl methyl sites for hydroxylation is 1.